The molecule has 2 aliphatic carbocycles. The number of hydrogen-bond donors (Lipinski definition) is 3. The molecule has 0 radical (unpaired) electrons. The lowest BCUT2D eigenvalue weighted by Gasteiger charge is -2.16. The zero-order valence-corrected chi connectivity index (χ0v) is 8.00. The Morgan fingerprint density at radius 3 is 2.54 bits per heavy atom. The van der Waals surface area contributed by atoms with Crippen LogP contribution in [0.4, 0.5) is 0 Å². The second kappa shape index (κ2) is 3.56. The van der Waals surface area contributed by atoms with E-state index in [0.29, 0.717) is 12.0 Å². The smallest absolute Gasteiger partial charge is 0.0894 e. The Balaban J connectivity index is 1.62. The molecule has 0 saturated heterocycles. The van der Waals surface area contributed by atoms with Crippen LogP contribution < -0.4 is 5.32 Å². The first-order valence-corrected chi connectivity index (χ1v) is 5.26. The Morgan fingerprint density at radius 1 is 1.38 bits per heavy atom. The molecule has 1 atom stereocenters. The molecule has 2 fully saturated rings. The van der Waals surface area contributed by atoms with Crippen LogP contribution in [0.1, 0.15) is 25.7 Å². The van der Waals surface area contributed by atoms with Crippen LogP contribution in [-0.2, 0) is 0 Å². The van der Waals surface area contributed by atoms with Crippen LogP contribution in [0.5, 0.6) is 0 Å². The maximum Gasteiger partial charge on any atom is 0.0894 e. The summed E-state index contributed by atoms with van der Waals surface area (Å²) in [5.74, 6) is 0.964. The van der Waals surface area contributed by atoms with Gasteiger partial charge in [-0.3, -0.25) is 0 Å². The third kappa shape index (κ3) is 2.22. The zero-order valence-electron chi connectivity index (χ0n) is 8.00. The lowest BCUT2D eigenvalue weighted by Crippen LogP contribution is -2.34. The Bertz CT molecular complexity index is 176. The normalized spacial score (nSPS) is 27.2. The minimum absolute atomic E-state index is 0.135. The quantitative estimate of drug-likeness (QED) is 0.551. The van der Waals surface area contributed by atoms with Crippen LogP contribution in [0, 0.1) is 11.3 Å². The first-order chi connectivity index (χ1) is 6.27. The van der Waals surface area contributed by atoms with Crippen LogP contribution >= 0.6 is 0 Å². The van der Waals surface area contributed by atoms with Gasteiger partial charge in [0.05, 0.1) is 12.7 Å². The van der Waals surface area contributed by atoms with Crippen molar-refractivity contribution in [3.8, 4) is 0 Å². The van der Waals surface area contributed by atoms with E-state index in [4.69, 9.17) is 10.2 Å². The van der Waals surface area contributed by atoms with Crippen molar-refractivity contribution < 1.29 is 10.2 Å². The maximum absolute atomic E-state index is 9.12. The molecule has 0 aromatic carbocycles. The van der Waals surface area contributed by atoms with Crippen molar-refractivity contribution in [2.24, 2.45) is 11.3 Å². The first-order valence-electron chi connectivity index (χ1n) is 5.26. The summed E-state index contributed by atoms with van der Waals surface area (Å²) >= 11 is 0. The van der Waals surface area contributed by atoms with Crippen molar-refractivity contribution in [1.29, 1.82) is 0 Å². The zero-order chi connectivity index (χ0) is 9.31. The molecule has 2 rings (SSSR count). The maximum atomic E-state index is 9.12. The molecule has 0 heterocycles. The van der Waals surface area contributed by atoms with Crippen molar-refractivity contribution in [3.05, 3.63) is 0 Å². The number of hydrogen-bond acceptors (Lipinski definition) is 3. The highest BCUT2D eigenvalue weighted by Gasteiger charge is 2.53. The summed E-state index contributed by atoms with van der Waals surface area (Å²) < 4.78 is 0. The second-order valence-corrected chi connectivity index (χ2v) is 4.60. The van der Waals surface area contributed by atoms with E-state index < -0.39 is 6.10 Å². The average Bonchev–Trinajstić information content (AvgIpc) is 2.96. The molecule has 76 valence electrons. The van der Waals surface area contributed by atoms with E-state index in [1.807, 2.05) is 0 Å². The molecule has 0 amide bonds. The molecule has 0 unspecified atom stereocenters. The number of aliphatic hydroxyl groups excluding tert-OH is 2. The van der Waals surface area contributed by atoms with Gasteiger partial charge in [0.15, 0.2) is 0 Å². The van der Waals surface area contributed by atoms with E-state index in [2.05, 4.69) is 5.32 Å². The van der Waals surface area contributed by atoms with Crippen molar-refractivity contribution in [2.75, 3.05) is 19.7 Å². The van der Waals surface area contributed by atoms with E-state index in [-0.39, 0.29) is 6.61 Å². The second-order valence-electron chi connectivity index (χ2n) is 4.60. The summed E-state index contributed by atoms with van der Waals surface area (Å²) in [4.78, 5) is 0. The predicted octanol–water partition coefficient (Wildman–Crippen LogP) is 0.119. The van der Waals surface area contributed by atoms with Crippen LogP contribution in [-0.4, -0.2) is 36.0 Å². The van der Waals surface area contributed by atoms with E-state index >= 15 is 0 Å². The molecule has 0 spiro atoms. The molecule has 3 heteroatoms. The topological polar surface area (TPSA) is 52.5 Å². The Morgan fingerprint density at radius 2 is 2.08 bits per heavy atom. The summed E-state index contributed by atoms with van der Waals surface area (Å²) in [6, 6.07) is 0. The summed E-state index contributed by atoms with van der Waals surface area (Å²) in [5, 5.41) is 21.0. The minimum atomic E-state index is -0.588. The highest BCUT2D eigenvalue weighted by atomic mass is 16.3. The van der Waals surface area contributed by atoms with Gasteiger partial charge in [0, 0.05) is 13.1 Å². The van der Waals surface area contributed by atoms with E-state index in [0.717, 1.165) is 12.5 Å². The molecule has 0 aliphatic heterocycles. The monoisotopic (exact) mass is 185 g/mol. The summed E-state index contributed by atoms with van der Waals surface area (Å²) in [5.41, 5.74) is 0.592. The fourth-order valence-corrected chi connectivity index (χ4v) is 2.14. The van der Waals surface area contributed by atoms with Crippen molar-refractivity contribution in [1.82, 2.24) is 5.32 Å². The highest BCUT2D eigenvalue weighted by molar-refractivity contribution is 5.05. The van der Waals surface area contributed by atoms with Gasteiger partial charge in [-0.1, -0.05) is 0 Å². The third-order valence-corrected chi connectivity index (χ3v) is 3.40. The molecule has 2 aliphatic rings. The van der Waals surface area contributed by atoms with Crippen LogP contribution in [0.15, 0.2) is 0 Å². The highest BCUT2D eigenvalue weighted by Crippen LogP contribution is 2.60. The van der Waals surface area contributed by atoms with Crippen LogP contribution in [0.3, 0.4) is 0 Å². The summed E-state index contributed by atoms with van der Waals surface area (Å²) in [6.45, 7) is 1.43. The molecular weight excluding hydrogens is 166 g/mol. The van der Waals surface area contributed by atoms with Gasteiger partial charge in [-0.25, -0.2) is 0 Å². The lowest BCUT2D eigenvalue weighted by molar-refractivity contribution is 0.0929. The minimum Gasteiger partial charge on any atom is -0.394 e. The predicted molar refractivity (Wildman–Crippen MR) is 50.4 cm³/mol. The van der Waals surface area contributed by atoms with Crippen molar-refractivity contribution >= 4 is 0 Å². The SMILES string of the molecule is OC[C@@H](O)CNCC1(C2CC2)CC1. The fourth-order valence-electron chi connectivity index (χ4n) is 2.14. The van der Waals surface area contributed by atoms with Gasteiger partial charge in [0.2, 0.25) is 0 Å². The average molecular weight is 185 g/mol. The van der Waals surface area contributed by atoms with E-state index in [9.17, 15) is 0 Å². The third-order valence-electron chi connectivity index (χ3n) is 3.40. The Hall–Kier alpha value is -0.120. The van der Waals surface area contributed by atoms with Crippen molar-refractivity contribution in [2.45, 2.75) is 31.8 Å². The molecule has 0 aromatic heterocycles. The molecule has 2 saturated carbocycles. The van der Waals surface area contributed by atoms with Gasteiger partial charge in [0.25, 0.3) is 0 Å². The molecule has 0 bridgehead atoms. The van der Waals surface area contributed by atoms with Gasteiger partial charge in [0.1, 0.15) is 0 Å². The molecule has 13 heavy (non-hydrogen) atoms. The van der Waals surface area contributed by atoms with Gasteiger partial charge in [-0.15, -0.1) is 0 Å². The number of aliphatic hydroxyl groups is 2. The fraction of sp³-hybridized carbons (Fsp3) is 1.00. The van der Waals surface area contributed by atoms with Crippen molar-refractivity contribution in [3.63, 3.8) is 0 Å². The van der Waals surface area contributed by atoms with Gasteiger partial charge in [-0.2, -0.15) is 0 Å². The van der Waals surface area contributed by atoms with Crippen LogP contribution in [0.2, 0.25) is 0 Å². The Labute approximate surface area is 79.2 Å². The standard InChI is InChI=1S/C10H19NO2/c12-6-9(13)5-11-7-10(3-4-10)8-1-2-8/h8-9,11-13H,1-7H2/t9-/m0/s1. The molecule has 0 aromatic rings. The van der Waals surface area contributed by atoms with E-state index in [1.54, 1.807) is 0 Å². The summed E-state index contributed by atoms with van der Waals surface area (Å²) in [7, 11) is 0. The van der Waals surface area contributed by atoms with Crippen LogP contribution in [0.25, 0.3) is 0 Å². The molecule has 3 N–H and O–H groups in total. The molecule has 3 nitrogen and oxygen atoms in total. The first kappa shape index (κ1) is 9.44. The Kier molecular flexibility index (Phi) is 2.58. The summed E-state index contributed by atoms with van der Waals surface area (Å²) in [6.07, 6.45) is 4.95. The van der Waals surface area contributed by atoms with E-state index in [1.165, 1.54) is 25.7 Å². The van der Waals surface area contributed by atoms with Gasteiger partial charge >= 0.3 is 0 Å². The largest absolute Gasteiger partial charge is 0.394 e. The van der Waals surface area contributed by atoms with Gasteiger partial charge in [-0.05, 0) is 37.0 Å². The number of nitrogens with one attached hydrogen (secondary N) is 1. The molecular formula is C10H19NO2. The van der Waals surface area contributed by atoms with Gasteiger partial charge < -0.3 is 15.5 Å². The lowest BCUT2D eigenvalue weighted by atomic mass is 10.0. The number of rotatable bonds is 6.